The van der Waals surface area contributed by atoms with Gasteiger partial charge in [0.1, 0.15) is 11.5 Å². The minimum atomic E-state index is -0.271. The summed E-state index contributed by atoms with van der Waals surface area (Å²) in [4.78, 5) is 26.0. The highest BCUT2D eigenvalue weighted by molar-refractivity contribution is 6.02. The first kappa shape index (κ1) is 22.1. The second kappa shape index (κ2) is 9.60. The Morgan fingerprint density at radius 3 is 2.47 bits per heavy atom. The number of carbonyl (C=O) groups excluding carboxylic acids is 2. The highest BCUT2D eigenvalue weighted by atomic mass is 16.5. The molecule has 2 aliphatic rings. The number of hydrogen-bond acceptors (Lipinski definition) is 4. The average molecular weight is 434 g/mol. The third-order valence-electron chi connectivity index (χ3n) is 6.40. The number of benzene rings is 2. The van der Waals surface area contributed by atoms with Gasteiger partial charge in [-0.2, -0.15) is 0 Å². The molecule has 0 fully saturated rings. The van der Waals surface area contributed by atoms with Gasteiger partial charge in [-0.15, -0.1) is 0 Å². The number of ether oxygens (including phenoxy) is 2. The quantitative estimate of drug-likeness (QED) is 0.646. The van der Waals surface area contributed by atoms with Gasteiger partial charge in [-0.25, -0.2) is 0 Å². The Morgan fingerprint density at radius 1 is 1.00 bits per heavy atom. The van der Waals surface area contributed by atoms with Crippen molar-refractivity contribution in [1.82, 2.24) is 5.32 Å². The Morgan fingerprint density at radius 2 is 1.75 bits per heavy atom. The van der Waals surface area contributed by atoms with Crippen LogP contribution in [0.3, 0.4) is 0 Å². The summed E-state index contributed by atoms with van der Waals surface area (Å²) >= 11 is 0. The molecule has 2 aromatic rings. The van der Waals surface area contributed by atoms with Crippen LogP contribution in [-0.4, -0.2) is 24.4 Å². The Bertz CT molecular complexity index is 1020. The number of Topliss-reactive ketones (excluding diaryl/α,β-unsaturated/α-hetero) is 1. The lowest BCUT2D eigenvalue weighted by molar-refractivity contribution is -0.122. The number of rotatable bonds is 7. The van der Waals surface area contributed by atoms with Crippen molar-refractivity contribution in [2.75, 3.05) is 6.61 Å². The van der Waals surface area contributed by atoms with E-state index < -0.39 is 0 Å². The SMILES string of the molecule is CCOc1ccc(C2CC(=O)C3=C(C2)NC(=O)CC3c2ccccc2OC(C)CC)cc1. The van der Waals surface area contributed by atoms with Crippen LogP contribution in [0.5, 0.6) is 11.5 Å². The van der Waals surface area contributed by atoms with Crippen molar-refractivity contribution in [2.45, 2.75) is 64.4 Å². The van der Waals surface area contributed by atoms with Crippen LogP contribution in [0.15, 0.2) is 59.8 Å². The van der Waals surface area contributed by atoms with Crippen LogP contribution in [0, 0.1) is 0 Å². The van der Waals surface area contributed by atoms with E-state index in [1.165, 1.54) is 0 Å². The van der Waals surface area contributed by atoms with Crippen molar-refractivity contribution >= 4 is 11.7 Å². The fourth-order valence-corrected chi connectivity index (χ4v) is 4.64. The van der Waals surface area contributed by atoms with Crippen LogP contribution in [0.1, 0.15) is 69.4 Å². The standard InChI is InChI=1S/C27H31NO4/c1-4-17(3)32-25-9-7-6-8-21(25)22-16-26(30)28-23-14-19(15-24(29)27(22)23)18-10-12-20(13-11-18)31-5-2/h6-13,17,19,22H,4-5,14-16H2,1-3H3,(H,28,30). The van der Waals surface area contributed by atoms with Gasteiger partial charge in [0.25, 0.3) is 0 Å². The molecule has 1 aliphatic heterocycles. The molecule has 168 valence electrons. The summed E-state index contributed by atoms with van der Waals surface area (Å²) < 4.78 is 11.7. The first-order valence-electron chi connectivity index (χ1n) is 11.5. The fourth-order valence-electron chi connectivity index (χ4n) is 4.64. The molecular formula is C27H31NO4. The zero-order chi connectivity index (χ0) is 22.7. The van der Waals surface area contributed by atoms with E-state index in [2.05, 4.69) is 12.2 Å². The number of para-hydroxylation sites is 1. The lowest BCUT2D eigenvalue weighted by atomic mass is 9.73. The van der Waals surface area contributed by atoms with E-state index in [0.717, 1.165) is 40.3 Å². The van der Waals surface area contributed by atoms with Crippen LogP contribution >= 0.6 is 0 Å². The summed E-state index contributed by atoms with van der Waals surface area (Å²) in [6.07, 6.45) is 2.29. The molecule has 1 aliphatic carbocycles. The number of ketones is 1. The Labute approximate surface area is 189 Å². The lowest BCUT2D eigenvalue weighted by Crippen LogP contribution is -2.38. The number of nitrogens with one attached hydrogen (secondary N) is 1. The average Bonchev–Trinajstić information content (AvgIpc) is 2.79. The Hall–Kier alpha value is -3.08. The van der Waals surface area contributed by atoms with E-state index in [-0.39, 0.29) is 36.1 Å². The van der Waals surface area contributed by atoms with Crippen LogP contribution in [-0.2, 0) is 9.59 Å². The zero-order valence-electron chi connectivity index (χ0n) is 19.0. The van der Waals surface area contributed by atoms with Crippen LogP contribution < -0.4 is 14.8 Å². The van der Waals surface area contributed by atoms with E-state index >= 15 is 0 Å². The molecule has 0 saturated carbocycles. The predicted molar refractivity (Wildman–Crippen MR) is 124 cm³/mol. The molecule has 3 unspecified atom stereocenters. The van der Waals surface area contributed by atoms with Gasteiger partial charge in [-0.3, -0.25) is 9.59 Å². The fraction of sp³-hybridized carbons (Fsp3) is 0.407. The van der Waals surface area contributed by atoms with Gasteiger partial charge in [-0.1, -0.05) is 37.3 Å². The second-order valence-electron chi connectivity index (χ2n) is 8.60. The maximum absolute atomic E-state index is 13.4. The molecule has 1 heterocycles. The molecule has 4 rings (SSSR count). The monoisotopic (exact) mass is 433 g/mol. The topological polar surface area (TPSA) is 64.6 Å². The summed E-state index contributed by atoms with van der Waals surface area (Å²) in [7, 11) is 0. The highest BCUT2D eigenvalue weighted by Crippen LogP contribution is 2.44. The molecule has 0 radical (unpaired) electrons. The molecule has 0 aromatic heterocycles. The van der Waals surface area contributed by atoms with Gasteiger partial charge >= 0.3 is 0 Å². The van der Waals surface area contributed by atoms with Gasteiger partial charge in [0.2, 0.25) is 5.91 Å². The maximum Gasteiger partial charge on any atom is 0.225 e. The number of carbonyl (C=O) groups is 2. The molecule has 0 spiro atoms. The first-order chi connectivity index (χ1) is 15.5. The summed E-state index contributed by atoms with van der Waals surface area (Å²) in [5.41, 5.74) is 3.51. The van der Waals surface area contributed by atoms with Gasteiger partial charge in [0.05, 0.1) is 12.7 Å². The van der Waals surface area contributed by atoms with E-state index in [1.807, 2.05) is 62.4 Å². The molecule has 0 saturated heterocycles. The largest absolute Gasteiger partial charge is 0.494 e. The summed E-state index contributed by atoms with van der Waals surface area (Å²) in [5, 5.41) is 3.01. The van der Waals surface area contributed by atoms with Crippen molar-refractivity contribution in [3.63, 3.8) is 0 Å². The van der Waals surface area contributed by atoms with Crippen molar-refractivity contribution in [2.24, 2.45) is 0 Å². The van der Waals surface area contributed by atoms with Crippen LogP contribution in [0.4, 0.5) is 0 Å². The third kappa shape index (κ3) is 4.57. The minimum Gasteiger partial charge on any atom is -0.494 e. The molecular weight excluding hydrogens is 402 g/mol. The molecule has 5 nitrogen and oxygen atoms in total. The van der Waals surface area contributed by atoms with Crippen LogP contribution in [0.25, 0.3) is 0 Å². The molecule has 1 amide bonds. The van der Waals surface area contributed by atoms with Gasteiger partial charge in [0, 0.05) is 35.6 Å². The smallest absolute Gasteiger partial charge is 0.225 e. The molecule has 1 N–H and O–H groups in total. The molecule has 32 heavy (non-hydrogen) atoms. The van der Waals surface area contributed by atoms with Gasteiger partial charge in [-0.05, 0) is 56.4 Å². The number of amides is 1. The minimum absolute atomic E-state index is 0.0441. The Kier molecular flexibility index (Phi) is 6.63. The normalized spacial score (nSPS) is 21.6. The summed E-state index contributed by atoms with van der Waals surface area (Å²) in [6, 6.07) is 15.7. The van der Waals surface area contributed by atoms with E-state index in [9.17, 15) is 9.59 Å². The van der Waals surface area contributed by atoms with Crippen molar-refractivity contribution in [1.29, 1.82) is 0 Å². The highest BCUT2D eigenvalue weighted by Gasteiger charge is 2.39. The van der Waals surface area contributed by atoms with Crippen molar-refractivity contribution in [3.05, 3.63) is 70.9 Å². The van der Waals surface area contributed by atoms with E-state index in [4.69, 9.17) is 9.47 Å². The van der Waals surface area contributed by atoms with Gasteiger partial charge < -0.3 is 14.8 Å². The molecule has 3 atom stereocenters. The zero-order valence-corrected chi connectivity index (χ0v) is 19.0. The van der Waals surface area contributed by atoms with E-state index in [1.54, 1.807) is 0 Å². The second-order valence-corrected chi connectivity index (χ2v) is 8.60. The molecule has 5 heteroatoms. The van der Waals surface area contributed by atoms with Gasteiger partial charge in [0.15, 0.2) is 5.78 Å². The summed E-state index contributed by atoms with van der Waals surface area (Å²) in [5.74, 6) is 1.41. The number of allylic oxidation sites excluding steroid dienone is 2. The summed E-state index contributed by atoms with van der Waals surface area (Å²) in [6.45, 7) is 6.68. The maximum atomic E-state index is 13.4. The first-order valence-corrected chi connectivity index (χ1v) is 11.5. The molecule has 0 bridgehead atoms. The lowest BCUT2D eigenvalue weighted by Gasteiger charge is -2.35. The van der Waals surface area contributed by atoms with Crippen LogP contribution in [0.2, 0.25) is 0 Å². The van der Waals surface area contributed by atoms with Crippen molar-refractivity contribution < 1.29 is 19.1 Å². The van der Waals surface area contributed by atoms with Crippen molar-refractivity contribution in [3.8, 4) is 11.5 Å². The Balaban J connectivity index is 1.65. The number of hydrogen-bond donors (Lipinski definition) is 1. The molecule has 2 aromatic carbocycles. The predicted octanol–water partition coefficient (Wildman–Crippen LogP) is 5.27. The van der Waals surface area contributed by atoms with E-state index in [0.29, 0.717) is 19.4 Å². The third-order valence-corrected chi connectivity index (χ3v) is 6.40.